The second-order valence-electron chi connectivity index (χ2n) is 14.8. The molecule has 0 radical (unpaired) electrons. The van der Waals surface area contributed by atoms with Gasteiger partial charge in [0.2, 0.25) is 0 Å². The van der Waals surface area contributed by atoms with Crippen molar-refractivity contribution in [2.75, 3.05) is 41.0 Å². The van der Waals surface area contributed by atoms with E-state index in [1.165, 1.54) is 51.4 Å². The molecule has 0 aromatic heterocycles. The molecule has 0 amide bonds. The molecule has 0 aromatic carbocycles. The summed E-state index contributed by atoms with van der Waals surface area (Å²) < 4.78 is 17.0. The third kappa shape index (κ3) is 34.5. The van der Waals surface area contributed by atoms with Crippen LogP contribution in [0.4, 0.5) is 0 Å². The summed E-state index contributed by atoms with van der Waals surface area (Å²) in [6.45, 7) is 4.31. The average molecular weight is 756 g/mol. The predicted octanol–water partition coefficient (Wildman–Crippen LogP) is 9.85. The number of unbranched alkanes of at least 4 members (excludes halogenated alkanes) is 10. The Bertz CT molecular complexity index is 1110. The molecule has 0 aliphatic carbocycles. The van der Waals surface area contributed by atoms with E-state index in [-0.39, 0.29) is 43.1 Å². The molecule has 0 aromatic rings. The summed E-state index contributed by atoms with van der Waals surface area (Å²) in [6, 6.07) is -0.736. The fourth-order valence-electron chi connectivity index (χ4n) is 5.65. The van der Waals surface area contributed by atoms with Gasteiger partial charge < -0.3 is 28.6 Å². The van der Waals surface area contributed by atoms with Crippen LogP contribution in [0.3, 0.4) is 0 Å². The Kier molecular flexibility index (Phi) is 34.5. The van der Waals surface area contributed by atoms with E-state index in [1.54, 1.807) is 21.1 Å². The maximum Gasteiger partial charge on any atom is 0.306 e. The van der Waals surface area contributed by atoms with Gasteiger partial charge in [0.05, 0.1) is 40.3 Å². The van der Waals surface area contributed by atoms with Gasteiger partial charge in [0, 0.05) is 19.3 Å². The van der Waals surface area contributed by atoms with E-state index in [2.05, 4.69) is 74.6 Å². The van der Waals surface area contributed by atoms with E-state index in [1.807, 2.05) is 12.2 Å². The molecule has 0 spiro atoms. The summed E-state index contributed by atoms with van der Waals surface area (Å²) in [6.07, 6.45) is 45.5. The van der Waals surface area contributed by atoms with Gasteiger partial charge in [0.15, 0.2) is 6.10 Å². The first-order chi connectivity index (χ1) is 26.1. The van der Waals surface area contributed by atoms with E-state index in [9.17, 15) is 19.5 Å². The number of carboxylic acid groups (broad SMARTS) is 1. The number of carbonyl (C=O) groups excluding carboxylic acids is 3. The smallest absolute Gasteiger partial charge is 0.306 e. The van der Waals surface area contributed by atoms with Gasteiger partial charge in [-0.05, 0) is 64.2 Å². The lowest BCUT2D eigenvalue weighted by Crippen LogP contribution is -2.55. The van der Waals surface area contributed by atoms with Gasteiger partial charge in [-0.25, -0.2) is 0 Å². The van der Waals surface area contributed by atoms with Crippen LogP contribution in [0.5, 0.6) is 0 Å². The minimum absolute atomic E-state index is 0.0128. The molecule has 2 unspecified atom stereocenters. The number of quaternary nitrogens is 1. The first-order valence-corrected chi connectivity index (χ1v) is 21.0. The Labute approximate surface area is 330 Å². The Morgan fingerprint density at radius 2 is 1.02 bits per heavy atom. The number of carboxylic acids is 1. The summed E-state index contributed by atoms with van der Waals surface area (Å²) in [7, 11) is 5.37. The topological polar surface area (TPSA) is 102 Å². The summed E-state index contributed by atoms with van der Waals surface area (Å²) in [5.41, 5.74) is 0. The van der Waals surface area contributed by atoms with Crippen LogP contribution in [0.15, 0.2) is 72.9 Å². The highest BCUT2D eigenvalue weighted by Crippen LogP contribution is 2.13. The number of carbonyl (C=O) groups is 3. The number of hydrogen-bond donors (Lipinski definition) is 0. The van der Waals surface area contributed by atoms with Gasteiger partial charge in [0.1, 0.15) is 12.6 Å². The molecule has 54 heavy (non-hydrogen) atoms. The molecule has 0 aliphatic heterocycles. The standard InChI is InChI=1S/C46H77NO7/c1-6-8-10-12-14-15-16-17-18-19-20-21-22-23-24-25-26-27-28-29-31-32-34-36-44(48)53-41-42(40-52-39-38-43(46(50)51)47(3,4)5)54-45(49)37-35-33-30-13-11-9-7-2/h8-11,14-15,17-18,20-21,30,33,42-43H,6-7,12-13,16,19,22-29,31-32,34-41H2,1-5H3/b10-8+,11-9+,15-14+,18-17+,21-20+,33-30+. The second-order valence-corrected chi connectivity index (χ2v) is 14.8. The van der Waals surface area contributed by atoms with E-state index >= 15 is 0 Å². The molecule has 0 bridgehead atoms. The maximum absolute atomic E-state index is 12.5. The van der Waals surface area contributed by atoms with Crippen LogP contribution in [0.2, 0.25) is 0 Å². The third-order valence-electron chi connectivity index (χ3n) is 8.85. The molecule has 8 nitrogen and oxygen atoms in total. The van der Waals surface area contributed by atoms with Gasteiger partial charge in [-0.15, -0.1) is 0 Å². The molecule has 0 N–H and O–H groups in total. The quantitative estimate of drug-likeness (QED) is 0.0272. The molecule has 0 rings (SSSR count). The monoisotopic (exact) mass is 756 g/mol. The zero-order valence-corrected chi connectivity index (χ0v) is 34.9. The summed E-state index contributed by atoms with van der Waals surface area (Å²) in [5.74, 6) is -1.85. The van der Waals surface area contributed by atoms with Crippen LogP contribution in [0.25, 0.3) is 0 Å². The first-order valence-electron chi connectivity index (χ1n) is 21.0. The average Bonchev–Trinajstić information content (AvgIpc) is 3.12. The normalized spacial score (nSPS) is 13.7. The van der Waals surface area contributed by atoms with Crippen molar-refractivity contribution >= 4 is 17.9 Å². The molecular weight excluding hydrogens is 679 g/mol. The van der Waals surface area contributed by atoms with Crippen molar-refractivity contribution in [2.24, 2.45) is 0 Å². The number of allylic oxidation sites excluding steroid dienone is 12. The SMILES string of the molecule is CC/C=C/C/C=C/C/C=C/C/C=C/CCCCCCCCCCCCC(=O)OCC(COCCC(C(=O)[O-])[N+](C)(C)C)OC(=O)CC/C=C/C/C=C/CC. The molecule has 0 aliphatic rings. The largest absolute Gasteiger partial charge is 0.544 e. The fraction of sp³-hybridized carbons (Fsp3) is 0.674. The summed E-state index contributed by atoms with van der Waals surface area (Å²) in [4.78, 5) is 36.6. The lowest BCUT2D eigenvalue weighted by atomic mass is 10.1. The highest BCUT2D eigenvalue weighted by molar-refractivity contribution is 5.70. The van der Waals surface area contributed by atoms with Crippen LogP contribution < -0.4 is 5.11 Å². The van der Waals surface area contributed by atoms with Crippen molar-refractivity contribution in [1.29, 1.82) is 0 Å². The van der Waals surface area contributed by atoms with Crippen molar-refractivity contribution in [3.05, 3.63) is 72.9 Å². The van der Waals surface area contributed by atoms with Gasteiger partial charge >= 0.3 is 11.9 Å². The van der Waals surface area contributed by atoms with Crippen molar-refractivity contribution < 1.29 is 38.2 Å². The third-order valence-corrected chi connectivity index (χ3v) is 8.85. The molecule has 0 saturated carbocycles. The van der Waals surface area contributed by atoms with E-state index in [0.717, 1.165) is 57.8 Å². The zero-order chi connectivity index (χ0) is 40.0. The highest BCUT2D eigenvalue weighted by Gasteiger charge is 2.25. The lowest BCUT2D eigenvalue weighted by Gasteiger charge is -2.34. The lowest BCUT2D eigenvalue weighted by molar-refractivity contribution is -0.889. The molecular formula is C46H77NO7. The Hall–Kier alpha value is -3.23. The first kappa shape index (κ1) is 50.8. The fourth-order valence-corrected chi connectivity index (χ4v) is 5.65. The molecule has 8 heteroatoms. The van der Waals surface area contributed by atoms with E-state index in [4.69, 9.17) is 14.2 Å². The second kappa shape index (κ2) is 36.7. The minimum Gasteiger partial charge on any atom is -0.544 e. The van der Waals surface area contributed by atoms with E-state index < -0.39 is 24.1 Å². The molecule has 2 atom stereocenters. The van der Waals surface area contributed by atoms with Crippen molar-refractivity contribution in [3.63, 3.8) is 0 Å². The number of aliphatic carboxylic acids is 1. The minimum atomic E-state index is -1.14. The van der Waals surface area contributed by atoms with E-state index in [0.29, 0.717) is 12.8 Å². The Morgan fingerprint density at radius 1 is 0.556 bits per heavy atom. The maximum atomic E-state index is 12.5. The van der Waals surface area contributed by atoms with Gasteiger partial charge in [-0.1, -0.05) is 138 Å². The molecule has 0 saturated heterocycles. The van der Waals surface area contributed by atoms with Crippen LogP contribution in [0.1, 0.15) is 149 Å². The molecule has 0 heterocycles. The number of likely N-dealkylation sites (N-methyl/N-ethyl adjacent to an activating group) is 1. The predicted molar refractivity (Wildman–Crippen MR) is 222 cm³/mol. The van der Waals surface area contributed by atoms with Crippen LogP contribution in [0, 0.1) is 0 Å². The summed E-state index contributed by atoms with van der Waals surface area (Å²) >= 11 is 0. The number of hydrogen-bond acceptors (Lipinski definition) is 7. The molecule has 0 fully saturated rings. The van der Waals surface area contributed by atoms with Crippen molar-refractivity contribution in [2.45, 2.75) is 161 Å². The van der Waals surface area contributed by atoms with Gasteiger partial charge in [-0.3, -0.25) is 9.59 Å². The van der Waals surface area contributed by atoms with Crippen LogP contribution in [-0.4, -0.2) is 75.5 Å². The molecule has 308 valence electrons. The van der Waals surface area contributed by atoms with Crippen LogP contribution >= 0.6 is 0 Å². The number of ether oxygens (including phenoxy) is 3. The van der Waals surface area contributed by atoms with Gasteiger partial charge in [0.25, 0.3) is 0 Å². The highest BCUT2D eigenvalue weighted by atomic mass is 16.6. The van der Waals surface area contributed by atoms with Crippen molar-refractivity contribution in [1.82, 2.24) is 0 Å². The van der Waals surface area contributed by atoms with Gasteiger partial charge in [-0.2, -0.15) is 0 Å². The van der Waals surface area contributed by atoms with Crippen LogP contribution in [-0.2, 0) is 28.6 Å². The zero-order valence-electron chi connectivity index (χ0n) is 34.9. The summed E-state index contributed by atoms with van der Waals surface area (Å²) in [5, 5.41) is 11.6. The number of esters is 2. The van der Waals surface area contributed by atoms with Crippen molar-refractivity contribution in [3.8, 4) is 0 Å². The Morgan fingerprint density at radius 3 is 1.52 bits per heavy atom. The Balaban J connectivity index is 4.18. The number of rotatable bonds is 36. The number of nitrogens with zero attached hydrogens (tertiary/aromatic N) is 1.